The fraction of sp³-hybridized carbons (Fsp3) is 1.00. The molecule has 1 fully saturated rings. The third-order valence-electron chi connectivity index (χ3n) is 1.18. The second-order valence-electron chi connectivity index (χ2n) is 1.79. The Morgan fingerprint density at radius 2 is 2.11 bits per heavy atom. The molecule has 2 nitrogen and oxygen atoms in total. The standard InChI is InChI=1S/C5H10O2S2/c1-2-5(6)8-3-7-4-9-5/h6H,2-4H2,1H3. The first-order valence-electron chi connectivity index (χ1n) is 2.85. The van der Waals surface area contributed by atoms with Gasteiger partial charge < -0.3 is 9.84 Å². The molecule has 9 heavy (non-hydrogen) atoms. The van der Waals surface area contributed by atoms with Gasteiger partial charge >= 0.3 is 0 Å². The maximum absolute atomic E-state index is 9.53. The molecule has 0 aromatic carbocycles. The summed E-state index contributed by atoms with van der Waals surface area (Å²) in [6, 6.07) is 0. The third-order valence-corrected chi connectivity index (χ3v) is 3.94. The molecule has 1 aliphatic rings. The van der Waals surface area contributed by atoms with Gasteiger partial charge in [0.2, 0.25) is 0 Å². The Morgan fingerprint density at radius 3 is 2.44 bits per heavy atom. The van der Waals surface area contributed by atoms with Gasteiger partial charge in [-0.1, -0.05) is 30.4 Å². The Hall–Kier alpha value is 0.620. The second kappa shape index (κ2) is 3.14. The third kappa shape index (κ3) is 2.04. The Balaban J connectivity index is 2.37. The van der Waals surface area contributed by atoms with Crippen molar-refractivity contribution in [3.63, 3.8) is 0 Å². The lowest BCUT2D eigenvalue weighted by molar-refractivity contribution is 0.187. The summed E-state index contributed by atoms with van der Waals surface area (Å²) < 4.78 is 4.46. The van der Waals surface area contributed by atoms with Crippen molar-refractivity contribution in [2.45, 2.75) is 17.6 Å². The zero-order valence-corrected chi connectivity index (χ0v) is 6.93. The highest BCUT2D eigenvalue weighted by molar-refractivity contribution is 8.18. The van der Waals surface area contributed by atoms with E-state index in [0.29, 0.717) is 11.9 Å². The average molecular weight is 166 g/mol. The van der Waals surface area contributed by atoms with Crippen LogP contribution in [-0.2, 0) is 4.74 Å². The van der Waals surface area contributed by atoms with Gasteiger partial charge in [0.05, 0.1) is 11.9 Å². The van der Waals surface area contributed by atoms with Crippen molar-refractivity contribution in [1.82, 2.24) is 0 Å². The summed E-state index contributed by atoms with van der Waals surface area (Å²) in [6.45, 7) is 1.98. The van der Waals surface area contributed by atoms with Gasteiger partial charge in [-0.25, -0.2) is 0 Å². The quantitative estimate of drug-likeness (QED) is 0.638. The number of hydrogen-bond acceptors (Lipinski definition) is 4. The van der Waals surface area contributed by atoms with E-state index < -0.39 is 4.27 Å². The van der Waals surface area contributed by atoms with Crippen LogP contribution in [0.5, 0.6) is 0 Å². The molecule has 1 aliphatic heterocycles. The number of hydrogen-bond donors (Lipinski definition) is 1. The van der Waals surface area contributed by atoms with Gasteiger partial charge in [0.25, 0.3) is 0 Å². The van der Waals surface area contributed by atoms with Gasteiger partial charge in [0, 0.05) is 0 Å². The molecule has 1 heterocycles. The first-order chi connectivity index (χ1) is 4.27. The average Bonchev–Trinajstić information content (AvgIpc) is 1.90. The molecular weight excluding hydrogens is 156 g/mol. The van der Waals surface area contributed by atoms with Crippen molar-refractivity contribution in [2.75, 3.05) is 11.9 Å². The van der Waals surface area contributed by atoms with Crippen molar-refractivity contribution >= 4 is 23.5 Å². The maximum atomic E-state index is 9.53. The van der Waals surface area contributed by atoms with E-state index in [0.717, 1.165) is 6.42 Å². The van der Waals surface area contributed by atoms with Crippen LogP contribution in [0.2, 0.25) is 0 Å². The summed E-state index contributed by atoms with van der Waals surface area (Å²) in [5.41, 5.74) is 0. The van der Waals surface area contributed by atoms with Gasteiger partial charge in [0.15, 0.2) is 4.27 Å². The van der Waals surface area contributed by atoms with E-state index >= 15 is 0 Å². The van der Waals surface area contributed by atoms with Crippen LogP contribution in [0.15, 0.2) is 0 Å². The number of rotatable bonds is 1. The van der Waals surface area contributed by atoms with Crippen LogP contribution >= 0.6 is 23.5 Å². The molecule has 1 saturated heterocycles. The lowest BCUT2D eigenvalue weighted by Gasteiger charge is -2.28. The molecule has 0 spiro atoms. The second-order valence-corrected chi connectivity index (χ2v) is 4.45. The molecular formula is C5H10O2S2. The first kappa shape index (κ1) is 7.72. The van der Waals surface area contributed by atoms with E-state index in [4.69, 9.17) is 4.74 Å². The van der Waals surface area contributed by atoms with Crippen molar-refractivity contribution in [1.29, 1.82) is 0 Å². The maximum Gasteiger partial charge on any atom is 0.161 e. The molecule has 0 radical (unpaired) electrons. The molecule has 4 heteroatoms. The van der Waals surface area contributed by atoms with Crippen molar-refractivity contribution in [3.8, 4) is 0 Å². The first-order valence-corrected chi connectivity index (χ1v) is 4.82. The highest BCUT2D eigenvalue weighted by Gasteiger charge is 2.28. The summed E-state index contributed by atoms with van der Waals surface area (Å²) in [4.78, 5) is 0. The van der Waals surface area contributed by atoms with Crippen LogP contribution in [0, 0.1) is 0 Å². The van der Waals surface area contributed by atoms with E-state index in [-0.39, 0.29) is 0 Å². The molecule has 0 atom stereocenters. The fourth-order valence-corrected chi connectivity index (χ4v) is 2.38. The van der Waals surface area contributed by atoms with E-state index in [9.17, 15) is 5.11 Å². The van der Waals surface area contributed by atoms with Gasteiger partial charge in [-0.05, 0) is 6.42 Å². The van der Waals surface area contributed by atoms with E-state index in [1.807, 2.05) is 6.92 Å². The monoisotopic (exact) mass is 166 g/mol. The van der Waals surface area contributed by atoms with Crippen molar-refractivity contribution in [3.05, 3.63) is 0 Å². The highest BCUT2D eigenvalue weighted by atomic mass is 32.2. The van der Waals surface area contributed by atoms with Crippen LogP contribution in [0.1, 0.15) is 13.3 Å². The topological polar surface area (TPSA) is 29.5 Å². The zero-order valence-electron chi connectivity index (χ0n) is 5.29. The number of thioether (sulfide) groups is 2. The molecule has 0 aromatic rings. The normalized spacial score (nSPS) is 26.0. The lowest BCUT2D eigenvalue weighted by atomic mass is 10.5. The molecule has 1 N–H and O–H groups in total. The van der Waals surface area contributed by atoms with Crippen LogP contribution in [0.3, 0.4) is 0 Å². The van der Waals surface area contributed by atoms with Crippen LogP contribution in [-0.4, -0.2) is 21.2 Å². The Morgan fingerprint density at radius 1 is 1.56 bits per heavy atom. The molecule has 0 bridgehead atoms. The zero-order chi connectivity index (χ0) is 6.74. The summed E-state index contributed by atoms with van der Waals surface area (Å²) >= 11 is 2.92. The predicted molar refractivity (Wildman–Crippen MR) is 41.2 cm³/mol. The minimum absolute atomic E-state index is 0.571. The Labute approximate surface area is 63.3 Å². The van der Waals surface area contributed by atoms with Gasteiger partial charge in [-0.3, -0.25) is 0 Å². The molecule has 54 valence electrons. The molecule has 0 aromatic heterocycles. The minimum atomic E-state index is -0.571. The minimum Gasteiger partial charge on any atom is -0.370 e. The van der Waals surface area contributed by atoms with E-state index in [1.54, 1.807) is 0 Å². The number of aliphatic hydroxyl groups is 1. The van der Waals surface area contributed by atoms with Crippen LogP contribution < -0.4 is 0 Å². The van der Waals surface area contributed by atoms with Gasteiger partial charge in [-0.2, -0.15) is 0 Å². The fourth-order valence-electron chi connectivity index (χ4n) is 0.547. The highest BCUT2D eigenvalue weighted by Crippen LogP contribution is 2.40. The molecule has 0 unspecified atom stereocenters. The predicted octanol–water partition coefficient (Wildman–Crippen LogP) is 1.45. The molecule has 0 saturated carbocycles. The van der Waals surface area contributed by atoms with Crippen molar-refractivity contribution in [2.24, 2.45) is 0 Å². The van der Waals surface area contributed by atoms with E-state index in [1.165, 1.54) is 23.5 Å². The summed E-state index contributed by atoms with van der Waals surface area (Å²) in [7, 11) is 0. The van der Waals surface area contributed by atoms with Gasteiger partial charge in [0.1, 0.15) is 0 Å². The van der Waals surface area contributed by atoms with Crippen LogP contribution in [0.25, 0.3) is 0 Å². The lowest BCUT2D eigenvalue weighted by Crippen LogP contribution is -2.24. The van der Waals surface area contributed by atoms with E-state index in [2.05, 4.69) is 0 Å². The molecule has 1 rings (SSSR count). The van der Waals surface area contributed by atoms with Crippen LogP contribution in [0.4, 0.5) is 0 Å². The van der Waals surface area contributed by atoms with Crippen molar-refractivity contribution < 1.29 is 9.84 Å². The summed E-state index contributed by atoms with van der Waals surface area (Å²) in [5.74, 6) is 1.24. The SMILES string of the molecule is CCC1(O)SCOCS1. The Kier molecular flexibility index (Phi) is 2.70. The number of ether oxygens (including phenoxy) is 1. The smallest absolute Gasteiger partial charge is 0.161 e. The molecule has 0 aliphatic carbocycles. The molecule has 0 amide bonds. The summed E-state index contributed by atoms with van der Waals surface area (Å²) in [6.07, 6.45) is 0.783. The largest absolute Gasteiger partial charge is 0.370 e. The summed E-state index contributed by atoms with van der Waals surface area (Å²) in [5, 5.41) is 9.53. The van der Waals surface area contributed by atoms with Gasteiger partial charge in [-0.15, -0.1) is 0 Å². The Bertz CT molecular complexity index is 91.0.